The molecule has 0 bridgehead atoms. The molecule has 2 aromatic rings. The van der Waals surface area contributed by atoms with Gasteiger partial charge in [0.1, 0.15) is 12.2 Å². The molecule has 0 atom stereocenters. The van der Waals surface area contributed by atoms with E-state index in [0.29, 0.717) is 6.04 Å². The van der Waals surface area contributed by atoms with E-state index in [2.05, 4.69) is 34.9 Å². The number of aromatic nitrogens is 3. The van der Waals surface area contributed by atoms with Crippen LogP contribution < -0.4 is 5.73 Å². The first-order valence-corrected chi connectivity index (χ1v) is 7.12. The fraction of sp³-hybridized carbons (Fsp3) is 0.467. The Morgan fingerprint density at radius 2 is 2.20 bits per heavy atom. The third-order valence-corrected chi connectivity index (χ3v) is 3.88. The molecule has 1 aliphatic rings. The van der Waals surface area contributed by atoms with Gasteiger partial charge in [0, 0.05) is 24.8 Å². The van der Waals surface area contributed by atoms with Crippen molar-refractivity contribution in [1.29, 1.82) is 0 Å². The lowest BCUT2D eigenvalue weighted by Crippen LogP contribution is -2.31. The zero-order valence-electron chi connectivity index (χ0n) is 12.1. The summed E-state index contributed by atoms with van der Waals surface area (Å²) in [5.74, 6) is 1.03. The van der Waals surface area contributed by atoms with Gasteiger partial charge >= 0.3 is 0 Å². The largest absolute Gasteiger partial charge is 0.398 e. The van der Waals surface area contributed by atoms with E-state index in [0.717, 1.165) is 37.6 Å². The second-order valence-electron chi connectivity index (χ2n) is 5.66. The Hall–Kier alpha value is -1.88. The summed E-state index contributed by atoms with van der Waals surface area (Å²) in [4.78, 5) is 6.80. The SMILES string of the molecule is CC(C)n1ncnc1CN1CCc2c(N)cccc2C1. The number of benzene rings is 1. The fourth-order valence-corrected chi connectivity index (χ4v) is 2.85. The summed E-state index contributed by atoms with van der Waals surface area (Å²) in [6.07, 6.45) is 2.66. The van der Waals surface area contributed by atoms with Crippen molar-refractivity contribution < 1.29 is 0 Å². The first-order valence-electron chi connectivity index (χ1n) is 7.12. The Kier molecular flexibility index (Phi) is 3.44. The third-order valence-electron chi connectivity index (χ3n) is 3.88. The highest BCUT2D eigenvalue weighted by Crippen LogP contribution is 2.24. The molecule has 0 amide bonds. The Morgan fingerprint density at radius 3 is 3.00 bits per heavy atom. The van der Waals surface area contributed by atoms with Crippen LogP contribution in [0.2, 0.25) is 0 Å². The molecule has 0 saturated carbocycles. The first-order chi connectivity index (χ1) is 9.65. The predicted octanol–water partition coefficient (Wildman–Crippen LogP) is 2.00. The van der Waals surface area contributed by atoms with Gasteiger partial charge in [-0.1, -0.05) is 12.1 Å². The van der Waals surface area contributed by atoms with Gasteiger partial charge in [0.2, 0.25) is 0 Å². The van der Waals surface area contributed by atoms with Gasteiger partial charge in [-0.05, 0) is 37.5 Å². The molecule has 20 heavy (non-hydrogen) atoms. The molecule has 0 unspecified atom stereocenters. The van der Waals surface area contributed by atoms with Crippen LogP contribution in [0.5, 0.6) is 0 Å². The Labute approximate surface area is 119 Å². The van der Waals surface area contributed by atoms with Crippen LogP contribution in [0.25, 0.3) is 0 Å². The molecule has 5 nitrogen and oxygen atoms in total. The van der Waals surface area contributed by atoms with Gasteiger partial charge in [-0.3, -0.25) is 4.90 Å². The molecule has 3 rings (SSSR count). The normalized spacial score (nSPS) is 15.6. The smallest absolute Gasteiger partial charge is 0.141 e. The van der Waals surface area contributed by atoms with Crippen molar-refractivity contribution >= 4 is 5.69 Å². The molecule has 2 N–H and O–H groups in total. The molecule has 5 heteroatoms. The molecular weight excluding hydrogens is 250 g/mol. The summed E-state index contributed by atoms with van der Waals surface area (Å²) in [5, 5.41) is 4.30. The van der Waals surface area contributed by atoms with Crippen LogP contribution in [0.3, 0.4) is 0 Å². The van der Waals surface area contributed by atoms with E-state index in [1.165, 1.54) is 11.1 Å². The molecule has 1 aromatic carbocycles. The third kappa shape index (κ3) is 2.41. The minimum absolute atomic E-state index is 0.347. The quantitative estimate of drug-likeness (QED) is 0.867. The number of rotatable bonds is 3. The zero-order valence-corrected chi connectivity index (χ0v) is 12.1. The lowest BCUT2D eigenvalue weighted by Gasteiger charge is -2.29. The summed E-state index contributed by atoms with van der Waals surface area (Å²) < 4.78 is 1.99. The topological polar surface area (TPSA) is 60.0 Å². The van der Waals surface area contributed by atoms with Crippen molar-refractivity contribution in [2.24, 2.45) is 0 Å². The number of hydrogen-bond acceptors (Lipinski definition) is 4. The fourth-order valence-electron chi connectivity index (χ4n) is 2.85. The molecule has 1 aliphatic heterocycles. The molecule has 1 aromatic heterocycles. The van der Waals surface area contributed by atoms with E-state index >= 15 is 0 Å². The van der Waals surface area contributed by atoms with Crippen LogP contribution >= 0.6 is 0 Å². The number of nitrogens with two attached hydrogens (primary N) is 1. The maximum atomic E-state index is 6.04. The number of hydrogen-bond donors (Lipinski definition) is 1. The number of nitrogens with zero attached hydrogens (tertiary/aromatic N) is 4. The van der Waals surface area contributed by atoms with Crippen molar-refractivity contribution in [3.8, 4) is 0 Å². The lowest BCUT2D eigenvalue weighted by molar-refractivity contribution is 0.233. The van der Waals surface area contributed by atoms with E-state index in [-0.39, 0.29) is 0 Å². The average molecular weight is 271 g/mol. The Bertz CT molecular complexity index is 602. The van der Waals surface area contributed by atoms with Gasteiger partial charge in [-0.15, -0.1) is 0 Å². The maximum absolute atomic E-state index is 6.04. The first kappa shape index (κ1) is 13.1. The van der Waals surface area contributed by atoms with Crippen molar-refractivity contribution in [2.75, 3.05) is 12.3 Å². The monoisotopic (exact) mass is 271 g/mol. The van der Waals surface area contributed by atoms with Crippen molar-refractivity contribution in [3.63, 3.8) is 0 Å². The summed E-state index contributed by atoms with van der Waals surface area (Å²) in [6, 6.07) is 6.55. The second kappa shape index (κ2) is 5.25. The van der Waals surface area contributed by atoms with Gasteiger partial charge in [-0.2, -0.15) is 5.10 Å². The molecule has 0 aliphatic carbocycles. The molecular formula is C15H21N5. The van der Waals surface area contributed by atoms with Crippen molar-refractivity contribution in [3.05, 3.63) is 41.5 Å². The number of anilines is 1. The van der Waals surface area contributed by atoms with Crippen molar-refractivity contribution in [2.45, 2.75) is 39.4 Å². The molecule has 0 spiro atoms. The maximum Gasteiger partial charge on any atom is 0.141 e. The lowest BCUT2D eigenvalue weighted by atomic mass is 9.98. The van der Waals surface area contributed by atoms with Crippen LogP contribution in [0.1, 0.15) is 36.8 Å². The van der Waals surface area contributed by atoms with Gasteiger partial charge in [0.25, 0.3) is 0 Å². The Morgan fingerprint density at radius 1 is 1.35 bits per heavy atom. The highest BCUT2D eigenvalue weighted by molar-refractivity contribution is 5.51. The number of fused-ring (bicyclic) bond motifs is 1. The van der Waals surface area contributed by atoms with Gasteiger partial charge in [0.05, 0.1) is 6.54 Å². The molecule has 0 radical (unpaired) electrons. The van der Waals surface area contributed by atoms with E-state index < -0.39 is 0 Å². The van der Waals surface area contributed by atoms with E-state index in [9.17, 15) is 0 Å². The van der Waals surface area contributed by atoms with E-state index in [1.807, 2.05) is 16.8 Å². The zero-order chi connectivity index (χ0) is 14.1. The highest BCUT2D eigenvalue weighted by Gasteiger charge is 2.20. The average Bonchev–Trinajstić information content (AvgIpc) is 2.87. The van der Waals surface area contributed by atoms with Crippen LogP contribution in [0.4, 0.5) is 5.69 Å². The van der Waals surface area contributed by atoms with Crippen LogP contribution in [0, 0.1) is 0 Å². The Balaban J connectivity index is 1.76. The molecule has 0 fully saturated rings. The van der Waals surface area contributed by atoms with E-state index in [1.54, 1.807) is 6.33 Å². The van der Waals surface area contributed by atoms with E-state index in [4.69, 9.17) is 5.73 Å². The van der Waals surface area contributed by atoms with Gasteiger partial charge < -0.3 is 5.73 Å². The van der Waals surface area contributed by atoms with Crippen LogP contribution in [0.15, 0.2) is 24.5 Å². The minimum atomic E-state index is 0.347. The predicted molar refractivity (Wildman–Crippen MR) is 79.1 cm³/mol. The van der Waals surface area contributed by atoms with Gasteiger partial charge in [0.15, 0.2) is 0 Å². The molecule has 2 heterocycles. The van der Waals surface area contributed by atoms with Crippen molar-refractivity contribution in [1.82, 2.24) is 19.7 Å². The standard InChI is InChI=1S/C15H21N5/c1-11(2)20-15(17-10-18-20)9-19-7-6-13-12(8-19)4-3-5-14(13)16/h3-5,10-11H,6-9,16H2,1-2H3. The summed E-state index contributed by atoms with van der Waals surface area (Å²) >= 11 is 0. The highest BCUT2D eigenvalue weighted by atomic mass is 15.4. The van der Waals surface area contributed by atoms with Crippen LogP contribution in [-0.4, -0.2) is 26.2 Å². The molecule has 0 saturated heterocycles. The second-order valence-corrected chi connectivity index (χ2v) is 5.66. The number of nitrogen functional groups attached to an aromatic ring is 1. The van der Waals surface area contributed by atoms with Gasteiger partial charge in [-0.25, -0.2) is 9.67 Å². The minimum Gasteiger partial charge on any atom is -0.398 e. The molecule has 106 valence electrons. The summed E-state index contributed by atoms with van der Waals surface area (Å²) in [6.45, 7) is 7.05. The van der Waals surface area contributed by atoms with Crippen LogP contribution in [-0.2, 0) is 19.5 Å². The summed E-state index contributed by atoms with van der Waals surface area (Å²) in [5.41, 5.74) is 9.62. The summed E-state index contributed by atoms with van der Waals surface area (Å²) in [7, 11) is 0.